The fraction of sp³-hybridized carbons (Fsp3) is 0.667. The minimum absolute atomic E-state index is 0.0519. The third-order valence-electron chi connectivity index (χ3n) is 5.44. The molecule has 4 rings (SSSR count). The van der Waals surface area contributed by atoms with Gasteiger partial charge < -0.3 is 15.5 Å². The Morgan fingerprint density at radius 3 is 2.72 bits per heavy atom. The molecular weight excluding hydrogens is 384 g/mol. The maximum atomic E-state index is 12.7. The molecule has 0 aromatic carbocycles. The molecule has 2 unspecified atom stereocenters. The van der Waals surface area contributed by atoms with Gasteiger partial charge in [0, 0.05) is 24.2 Å². The number of hydrogen-bond donors (Lipinski definition) is 2. The van der Waals surface area contributed by atoms with Crippen molar-refractivity contribution in [3.8, 4) is 0 Å². The molecule has 0 aliphatic carbocycles. The van der Waals surface area contributed by atoms with Gasteiger partial charge in [-0.3, -0.25) is 4.79 Å². The Morgan fingerprint density at radius 1 is 1.28 bits per heavy atom. The Morgan fingerprint density at radius 2 is 2.03 bits per heavy atom. The van der Waals surface area contributed by atoms with Crippen LogP contribution in [0.3, 0.4) is 0 Å². The molecule has 29 heavy (non-hydrogen) atoms. The second-order valence-electron chi connectivity index (χ2n) is 7.60. The number of aryl methyl sites for hydroxylation is 1. The van der Waals surface area contributed by atoms with E-state index in [2.05, 4.69) is 39.5 Å². The molecular formula is C21H34N6OS. The summed E-state index contributed by atoms with van der Waals surface area (Å²) in [4.78, 5) is 20.9. The fourth-order valence-corrected chi connectivity index (χ4v) is 4.81. The molecule has 2 aromatic heterocycles. The van der Waals surface area contributed by atoms with Crippen LogP contribution in [0.25, 0.3) is 0 Å². The van der Waals surface area contributed by atoms with Gasteiger partial charge in [0.2, 0.25) is 0 Å². The molecule has 0 radical (unpaired) electrons. The first-order chi connectivity index (χ1) is 14.1. The largest absolute Gasteiger partial charge is 0.360 e. The number of carbonyl (C=O) groups is 1. The topological polar surface area (TPSA) is 75.1 Å². The average Bonchev–Trinajstić information content (AvgIpc) is 3.37. The first-order valence-electron chi connectivity index (χ1n) is 10.9. The second-order valence-corrected chi connectivity index (χ2v) is 8.87. The lowest BCUT2D eigenvalue weighted by molar-refractivity contribution is 0.0947. The van der Waals surface area contributed by atoms with E-state index < -0.39 is 0 Å². The third-order valence-corrected chi connectivity index (χ3v) is 6.47. The van der Waals surface area contributed by atoms with Crippen molar-refractivity contribution >= 4 is 23.1 Å². The van der Waals surface area contributed by atoms with E-state index in [9.17, 15) is 4.79 Å². The highest BCUT2D eigenvalue weighted by atomic mass is 32.1. The van der Waals surface area contributed by atoms with Crippen molar-refractivity contribution in [3.63, 3.8) is 0 Å². The molecule has 2 aromatic rings. The Bertz CT molecular complexity index is 795. The van der Waals surface area contributed by atoms with E-state index >= 15 is 0 Å². The number of rotatable bonds is 5. The number of anilines is 1. The smallest absolute Gasteiger partial charge is 0.256 e. The van der Waals surface area contributed by atoms with Crippen molar-refractivity contribution in [2.24, 2.45) is 0 Å². The highest BCUT2D eigenvalue weighted by molar-refractivity contribution is 7.11. The van der Waals surface area contributed by atoms with Crippen molar-refractivity contribution in [2.75, 3.05) is 31.5 Å². The summed E-state index contributed by atoms with van der Waals surface area (Å²) in [5.74, 6) is 0.756. The maximum Gasteiger partial charge on any atom is 0.256 e. The van der Waals surface area contributed by atoms with E-state index in [0.29, 0.717) is 12.1 Å². The van der Waals surface area contributed by atoms with E-state index in [1.165, 1.54) is 24.1 Å². The Labute approximate surface area is 177 Å². The minimum Gasteiger partial charge on any atom is -0.360 e. The van der Waals surface area contributed by atoms with Crippen LogP contribution < -0.4 is 10.6 Å². The monoisotopic (exact) mass is 418 g/mol. The summed E-state index contributed by atoms with van der Waals surface area (Å²) < 4.78 is 1.93. The van der Waals surface area contributed by atoms with Crippen molar-refractivity contribution in [2.45, 2.75) is 65.5 Å². The van der Waals surface area contributed by atoms with Gasteiger partial charge in [0.1, 0.15) is 16.4 Å². The zero-order valence-electron chi connectivity index (χ0n) is 18.1. The number of likely N-dealkylation sites (tertiary alicyclic amines) is 1. The molecule has 7 nitrogen and oxygen atoms in total. The molecule has 8 heteroatoms. The van der Waals surface area contributed by atoms with Crippen LogP contribution in [-0.4, -0.2) is 51.8 Å². The first-order valence-corrected chi connectivity index (χ1v) is 11.7. The average molecular weight is 419 g/mol. The molecule has 1 saturated heterocycles. The zero-order valence-corrected chi connectivity index (χ0v) is 18.9. The van der Waals surface area contributed by atoms with Crippen LogP contribution in [0.4, 0.5) is 5.82 Å². The molecule has 1 fully saturated rings. The van der Waals surface area contributed by atoms with Gasteiger partial charge >= 0.3 is 0 Å². The van der Waals surface area contributed by atoms with E-state index in [1.807, 2.05) is 24.7 Å². The number of thiazole rings is 1. The highest BCUT2D eigenvalue weighted by Gasteiger charge is 2.30. The number of fused-ring (bicyclic) bond motifs is 1. The quantitative estimate of drug-likeness (QED) is 0.767. The van der Waals surface area contributed by atoms with Crippen LogP contribution in [-0.2, 0) is 0 Å². The van der Waals surface area contributed by atoms with Crippen LogP contribution in [0.1, 0.15) is 78.8 Å². The number of piperidine rings is 1. The Hall–Kier alpha value is -1.93. The molecule has 2 N–H and O–H groups in total. The van der Waals surface area contributed by atoms with Crippen molar-refractivity contribution in [1.29, 1.82) is 0 Å². The van der Waals surface area contributed by atoms with Crippen LogP contribution >= 0.6 is 11.3 Å². The predicted octanol–water partition coefficient (Wildman–Crippen LogP) is 4.01. The summed E-state index contributed by atoms with van der Waals surface area (Å²) in [5.41, 5.74) is 0.624. The van der Waals surface area contributed by atoms with Gasteiger partial charge in [0.25, 0.3) is 5.91 Å². The van der Waals surface area contributed by atoms with E-state index in [-0.39, 0.29) is 18.0 Å². The van der Waals surface area contributed by atoms with Gasteiger partial charge in [0.05, 0.1) is 18.3 Å². The van der Waals surface area contributed by atoms with E-state index in [1.54, 1.807) is 17.5 Å². The lowest BCUT2D eigenvalue weighted by Crippen LogP contribution is -2.38. The normalized spacial score (nSPS) is 21.5. The summed E-state index contributed by atoms with van der Waals surface area (Å²) in [6.07, 6.45) is 8.37. The van der Waals surface area contributed by atoms with Gasteiger partial charge in [-0.15, -0.1) is 11.3 Å². The molecule has 0 saturated carbocycles. The van der Waals surface area contributed by atoms with E-state index in [4.69, 9.17) is 0 Å². The molecule has 4 heterocycles. The van der Waals surface area contributed by atoms with Crippen molar-refractivity contribution < 1.29 is 4.79 Å². The molecule has 0 spiro atoms. The summed E-state index contributed by atoms with van der Waals surface area (Å²) in [7, 11) is 0. The lowest BCUT2D eigenvalue weighted by Gasteiger charge is -2.29. The van der Waals surface area contributed by atoms with Crippen molar-refractivity contribution in [3.05, 3.63) is 27.8 Å². The number of nitrogens with zero attached hydrogens (tertiary/aromatic N) is 4. The van der Waals surface area contributed by atoms with Crippen LogP contribution in [0.5, 0.6) is 0 Å². The molecule has 1 amide bonds. The van der Waals surface area contributed by atoms with Gasteiger partial charge in [0.15, 0.2) is 0 Å². The van der Waals surface area contributed by atoms with Gasteiger partial charge in [-0.1, -0.05) is 20.3 Å². The summed E-state index contributed by atoms with van der Waals surface area (Å²) in [5, 5.41) is 12.1. The first kappa shape index (κ1) is 21.8. The molecule has 2 atom stereocenters. The SMILES string of the molecule is CC.Cc1cnc(C2CC(C)n3ncc(C(=O)NCCN4CCCCC4)c3N2)s1. The van der Waals surface area contributed by atoms with Gasteiger partial charge in [-0.2, -0.15) is 5.10 Å². The maximum absolute atomic E-state index is 12.7. The summed E-state index contributed by atoms with van der Waals surface area (Å²) in [6.45, 7) is 12.1. The van der Waals surface area contributed by atoms with Crippen LogP contribution in [0, 0.1) is 6.92 Å². The predicted molar refractivity (Wildman–Crippen MR) is 119 cm³/mol. The van der Waals surface area contributed by atoms with Gasteiger partial charge in [-0.25, -0.2) is 9.67 Å². The Kier molecular flexibility index (Phi) is 7.66. The zero-order chi connectivity index (χ0) is 20.8. The minimum atomic E-state index is -0.0519. The van der Waals surface area contributed by atoms with Crippen molar-refractivity contribution in [1.82, 2.24) is 25.0 Å². The fourth-order valence-electron chi connectivity index (χ4n) is 3.97. The molecule has 2 aliphatic heterocycles. The van der Waals surface area contributed by atoms with E-state index in [0.717, 1.165) is 36.9 Å². The lowest BCUT2D eigenvalue weighted by atomic mass is 10.1. The molecule has 160 valence electrons. The standard InChI is InChI=1S/C19H28N6OS.C2H6/c1-13-10-16(19-21-11-14(2)27-19)23-17-15(12-22-25(13)17)18(26)20-6-9-24-7-4-3-5-8-24;1-2/h11-13,16,23H,3-10H2,1-2H3,(H,20,26);1-2H3. The number of nitrogens with one attached hydrogen (secondary N) is 2. The summed E-state index contributed by atoms with van der Waals surface area (Å²) >= 11 is 1.71. The van der Waals surface area contributed by atoms with Crippen LogP contribution in [0.2, 0.25) is 0 Å². The number of amides is 1. The van der Waals surface area contributed by atoms with Gasteiger partial charge in [-0.05, 0) is 46.2 Å². The van der Waals surface area contributed by atoms with Crippen LogP contribution in [0.15, 0.2) is 12.4 Å². The summed E-state index contributed by atoms with van der Waals surface area (Å²) in [6, 6.07) is 0.355. The Balaban J connectivity index is 0.00000117. The number of aromatic nitrogens is 3. The number of hydrogen-bond acceptors (Lipinski definition) is 6. The molecule has 2 aliphatic rings. The molecule has 0 bridgehead atoms. The number of carbonyl (C=O) groups excluding carboxylic acids is 1. The highest BCUT2D eigenvalue weighted by Crippen LogP contribution is 2.37. The second kappa shape index (κ2) is 10.2. The third kappa shape index (κ3) is 5.17.